The fourth-order valence-corrected chi connectivity index (χ4v) is 4.46. The van der Waals surface area contributed by atoms with E-state index in [1.165, 1.54) is 38.6 Å². The maximum absolute atomic E-state index is 12.3. The molecule has 0 aliphatic carbocycles. The number of anilines is 1. The standard InChI is InChI=1S/C24H13NO2/c26-21-12-13-22(27)25(21)20-11-10-18-16-7-2-5-14-4-1-6-15(23(14)16)17-8-3-9-19(20)24(17)18/h1-13H. The van der Waals surface area contributed by atoms with Gasteiger partial charge in [0.1, 0.15) is 0 Å². The molecule has 3 nitrogen and oxygen atoms in total. The molecule has 0 bridgehead atoms. The lowest BCUT2D eigenvalue weighted by Crippen LogP contribution is -2.29. The van der Waals surface area contributed by atoms with Gasteiger partial charge in [-0.2, -0.15) is 0 Å². The van der Waals surface area contributed by atoms with Crippen molar-refractivity contribution in [2.75, 3.05) is 4.90 Å². The number of carbonyl (C=O) groups excluding carboxylic acids is 2. The molecule has 1 heterocycles. The molecule has 0 aromatic heterocycles. The van der Waals surface area contributed by atoms with Crippen LogP contribution >= 0.6 is 0 Å². The summed E-state index contributed by atoms with van der Waals surface area (Å²) in [6, 6.07) is 22.7. The van der Waals surface area contributed by atoms with Crippen LogP contribution in [0.4, 0.5) is 5.69 Å². The Kier molecular flexibility index (Phi) is 2.63. The van der Waals surface area contributed by atoms with Crippen LogP contribution in [0.5, 0.6) is 0 Å². The number of hydrogen-bond donors (Lipinski definition) is 0. The molecule has 1 aliphatic rings. The van der Waals surface area contributed by atoms with E-state index in [0.717, 1.165) is 21.5 Å². The van der Waals surface area contributed by atoms with Gasteiger partial charge in [0.05, 0.1) is 5.69 Å². The Morgan fingerprint density at radius 2 is 1.04 bits per heavy atom. The van der Waals surface area contributed by atoms with E-state index in [4.69, 9.17) is 0 Å². The Morgan fingerprint density at radius 1 is 0.519 bits per heavy atom. The molecule has 0 unspecified atom stereocenters. The summed E-state index contributed by atoms with van der Waals surface area (Å²) in [7, 11) is 0. The molecule has 0 atom stereocenters. The lowest BCUT2D eigenvalue weighted by molar-refractivity contribution is -0.119. The molecule has 2 amide bonds. The Morgan fingerprint density at radius 3 is 1.70 bits per heavy atom. The van der Waals surface area contributed by atoms with E-state index in [9.17, 15) is 9.59 Å². The van der Waals surface area contributed by atoms with Crippen molar-refractivity contribution >= 4 is 60.6 Å². The number of rotatable bonds is 1. The Bertz CT molecular complexity index is 1390. The molecule has 126 valence electrons. The van der Waals surface area contributed by atoms with Gasteiger partial charge in [0, 0.05) is 17.5 Å². The third-order valence-corrected chi connectivity index (χ3v) is 5.55. The van der Waals surface area contributed by atoms with Crippen LogP contribution in [0.1, 0.15) is 0 Å². The summed E-state index contributed by atoms with van der Waals surface area (Å²) in [5.74, 6) is -0.585. The first-order valence-electron chi connectivity index (χ1n) is 8.88. The fourth-order valence-electron chi connectivity index (χ4n) is 4.46. The van der Waals surface area contributed by atoms with Crippen LogP contribution in [-0.2, 0) is 9.59 Å². The SMILES string of the molecule is O=C1C=CC(=O)N1c1ccc2c3cccc4cccc(c5cccc1c52)c43. The lowest BCUT2D eigenvalue weighted by atomic mass is 9.89. The van der Waals surface area contributed by atoms with E-state index in [1.807, 2.05) is 24.3 Å². The van der Waals surface area contributed by atoms with Gasteiger partial charge in [-0.25, -0.2) is 4.90 Å². The number of benzene rings is 5. The first-order chi connectivity index (χ1) is 13.2. The zero-order chi connectivity index (χ0) is 18.1. The predicted molar refractivity (Wildman–Crippen MR) is 109 cm³/mol. The molecule has 5 aromatic rings. The van der Waals surface area contributed by atoms with Crippen LogP contribution in [0.15, 0.2) is 78.9 Å². The number of imide groups is 1. The number of carbonyl (C=O) groups is 2. The minimum absolute atomic E-state index is 0.293. The van der Waals surface area contributed by atoms with E-state index in [0.29, 0.717) is 5.69 Å². The predicted octanol–water partition coefficient (Wildman–Crippen LogP) is 5.17. The highest BCUT2D eigenvalue weighted by Gasteiger charge is 2.27. The van der Waals surface area contributed by atoms with E-state index in [2.05, 4.69) is 42.5 Å². The molecular weight excluding hydrogens is 334 g/mol. The van der Waals surface area contributed by atoms with Gasteiger partial charge < -0.3 is 0 Å². The number of amides is 2. The molecule has 0 saturated heterocycles. The number of fused-ring (bicyclic) bond motifs is 2. The molecule has 1 aliphatic heterocycles. The average molecular weight is 347 g/mol. The van der Waals surface area contributed by atoms with Gasteiger partial charge in [0.25, 0.3) is 11.8 Å². The van der Waals surface area contributed by atoms with Gasteiger partial charge in [-0.05, 0) is 43.8 Å². The van der Waals surface area contributed by atoms with Crippen LogP contribution in [0.25, 0.3) is 43.1 Å². The van der Waals surface area contributed by atoms with Crippen molar-refractivity contribution in [3.8, 4) is 0 Å². The van der Waals surface area contributed by atoms with Crippen molar-refractivity contribution in [3.05, 3.63) is 78.9 Å². The highest BCUT2D eigenvalue weighted by Crippen LogP contribution is 2.43. The van der Waals surface area contributed by atoms with E-state index in [1.54, 1.807) is 0 Å². The second kappa shape index (κ2) is 4.92. The van der Waals surface area contributed by atoms with Crippen LogP contribution < -0.4 is 4.90 Å². The zero-order valence-corrected chi connectivity index (χ0v) is 14.3. The van der Waals surface area contributed by atoms with E-state index in [-0.39, 0.29) is 11.8 Å². The maximum Gasteiger partial charge on any atom is 0.258 e. The van der Waals surface area contributed by atoms with Crippen LogP contribution in [0.3, 0.4) is 0 Å². The van der Waals surface area contributed by atoms with Gasteiger partial charge >= 0.3 is 0 Å². The molecular formula is C24H13NO2. The highest BCUT2D eigenvalue weighted by molar-refractivity contribution is 6.36. The van der Waals surface area contributed by atoms with Crippen molar-refractivity contribution in [2.45, 2.75) is 0 Å². The topological polar surface area (TPSA) is 37.4 Å². The summed E-state index contributed by atoms with van der Waals surface area (Å²) < 4.78 is 0. The second-order valence-electron chi connectivity index (χ2n) is 6.91. The summed E-state index contributed by atoms with van der Waals surface area (Å²) in [6.45, 7) is 0. The summed E-state index contributed by atoms with van der Waals surface area (Å²) in [5, 5.41) is 9.14. The van der Waals surface area contributed by atoms with Crippen LogP contribution in [-0.4, -0.2) is 11.8 Å². The maximum atomic E-state index is 12.3. The molecule has 0 saturated carbocycles. The minimum atomic E-state index is -0.293. The zero-order valence-electron chi connectivity index (χ0n) is 14.3. The largest absolute Gasteiger partial charge is 0.269 e. The highest BCUT2D eigenvalue weighted by atomic mass is 16.2. The minimum Gasteiger partial charge on any atom is -0.269 e. The lowest BCUT2D eigenvalue weighted by Gasteiger charge is -2.20. The summed E-state index contributed by atoms with van der Waals surface area (Å²) >= 11 is 0. The van der Waals surface area contributed by atoms with Gasteiger partial charge in [-0.3, -0.25) is 9.59 Å². The molecule has 0 spiro atoms. The number of hydrogen-bond acceptors (Lipinski definition) is 2. The van der Waals surface area contributed by atoms with Crippen LogP contribution in [0.2, 0.25) is 0 Å². The molecule has 0 radical (unpaired) electrons. The van der Waals surface area contributed by atoms with Crippen molar-refractivity contribution in [1.82, 2.24) is 0 Å². The Labute approximate surface area is 154 Å². The smallest absolute Gasteiger partial charge is 0.258 e. The summed E-state index contributed by atoms with van der Waals surface area (Å²) in [4.78, 5) is 25.8. The summed E-state index contributed by atoms with van der Waals surface area (Å²) in [6.07, 6.45) is 2.65. The first-order valence-corrected chi connectivity index (χ1v) is 8.88. The quantitative estimate of drug-likeness (QED) is 0.238. The molecule has 0 N–H and O–H groups in total. The van der Waals surface area contributed by atoms with Gasteiger partial charge in [0.15, 0.2) is 0 Å². The monoisotopic (exact) mass is 347 g/mol. The average Bonchev–Trinajstić information content (AvgIpc) is 3.04. The molecule has 5 aromatic carbocycles. The van der Waals surface area contributed by atoms with Gasteiger partial charge in [-0.15, -0.1) is 0 Å². The van der Waals surface area contributed by atoms with Crippen LogP contribution in [0, 0.1) is 0 Å². The number of nitrogens with zero attached hydrogens (tertiary/aromatic N) is 1. The van der Waals surface area contributed by atoms with E-state index < -0.39 is 0 Å². The second-order valence-corrected chi connectivity index (χ2v) is 6.91. The van der Waals surface area contributed by atoms with E-state index >= 15 is 0 Å². The first kappa shape index (κ1) is 14.4. The summed E-state index contributed by atoms with van der Waals surface area (Å²) in [5.41, 5.74) is 0.641. The molecule has 27 heavy (non-hydrogen) atoms. The van der Waals surface area contributed by atoms with Crippen molar-refractivity contribution in [3.63, 3.8) is 0 Å². The van der Waals surface area contributed by atoms with Crippen molar-refractivity contribution in [1.29, 1.82) is 0 Å². The molecule has 3 heteroatoms. The Balaban J connectivity index is 1.85. The van der Waals surface area contributed by atoms with Crippen molar-refractivity contribution in [2.24, 2.45) is 0 Å². The Hall–Kier alpha value is -3.72. The fraction of sp³-hybridized carbons (Fsp3) is 0. The third kappa shape index (κ3) is 1.75. The van der Waals surface area contributed by atoms with Crippen molar-refractivity contribution < 1.29 is 9.59 Å². The van der Waals surface area contributed by atoms with Gasteiger partial charge in [-0.1, -0.05) is 60.7 Å². The third-order valence-electron chi connectivity index (χ3n) is 5.55. The molecule has 6 rings (SSSR count). The van der Waals surface area contributed by atoms with Gasteiger partial charge in [0.2, 0.25) is 0 Å². The molecule has 0 fully saturated rings. The normalized spacial score (nSPS) is 14.6.